The van der Waals surface area contributed by atoms with Crippen molar-refractivity contribution >= 4 is 10.0 Å². The summed E-state index contributed by atoms with van der Waals surface area (Å²) < 4.78 is 31.2. The van der Waals surface area contributed by atoms with Crippen LogP contribution >= 0.6 is 0 Å². The SMILES string of the molecule is CN(CC(C)(C)CN)S(=O)(=O)C1CCCOC1. The molecular formula is C11H24N2O3S. The van der Waals surface area contributed by atoms with Gasteiger partial charge in [-0.1, -0.05) is 13.8 Å². The molecule has 1 rings (SSSR count). The van der Waals surface area contributed by atoms with Crippen LogP contribution in [-0.2, 0) is 14.8 Å². The van der Waals surface area contributed by atoms with E-state index in [1.54, 1.807) is 7.05 Å². The molecule has 0 aliphatic carbocycles. The van der Waals surface area contributed by atoms with Crippen molar-refractivity contribution in [2.45, 2.75) is 31.9 Å². The van der Waals surface area contributed by atoms with Gasteiger partial charge in [-0.2, -0.15) is 0 Å². The largest absolute Gasteiger partial charge is 0.380 e. The molecule has 1 saturated heterocycles. The Morgan fingerprint density at radius 2 is 2.12 bits per heavy atom. The normalized spacial score (nSPS) is 23.0. The van der Waals surface area contributed by atoms with E-state index >= 15 is 0 Å². The van der Waals surface area contributed by atoms with Gasteiger partial charge in [0.15, 0.2) is 0 Å². The molecule has 0 radical (unpaired) electrons. The Labute approximate surface area is 104 Å². The van der Waals surface area contributed by atoms with Gasteiger partial charge < -0.3 is 10.5 Å². The molecule has 17 heavy (non-hydrogen) atoms. The smallest absolute Gasteiger partial charge is 0.219 e. The van der Waals surface area contributed by atoms with Crippen LogP contribution in [-0.4, -0.2) is 51.3 Å². The first kappa shape index (κ1) is 14.9. The zero-order chi connectivity index (χ0) is 13.1. The first-order valence-corrected chi connectivity index (χ1v) is 7.53. The van der Waals surface area contributed by atoms with Gasteiger partial charge in [-0.15, -0.1) is 0 Å². The first-order chi connectivity index (χ1) is 7.79. The second-order valence-electron chi connectivity index (χ2n) is 5.51. The number of nitrogens with two attached hydrogens (primary N) is 1. The van der Waals surface area contributed by atoms with E-state index in [-0.39, 0.29) is 5.41 Å². The molecule has 2 N–H and O–H groups in total. The van der Waals surface area contributed by atoms with Crippen LogP contribution in [0.5, 0.6) is 0 Å². The summed E-state index contributed by atoms with van der Waals surface area (Å²) in [6.45, 7) is 5.84. The summed E-state index contributed by atoms with van der Waals surface area (Å²) in [6.07, 6.45) is 1.51. The van der Waals surface area contributed by atoms with E-state index in [0.29, 0.717) is 32.7 Å². The van der Waals surface area contributed by atoms with E-state index in [9.17, 15) is 8.42 Å². The predicted octanol–water partition coefficient (Wildman–Crippen LogP) is 0.412. The molecule has 6 heteroatoms. The monoisotopic (exact) mass is 264 g/mol. The van der Waals surface area contributed by atoms with Crippen molar-refractivity contribution in [2.75, 3.05) is 33.4 Å². The molecule has 1 heterocycles. The average molecular weight is 264 g/mol. The van der Waals surface area contributed by atoms with Crippen LogP contribution in [0.1, 0.15) is 26.7 Å². The molecular weight excluding hydrogens is 240 g/mol. The Balaban J connectivity index is 2.69. The zero-order valence-electron chi connectivity index (χ0n) is 11.0. The maximum absolute atomic E-state index is 12.3. The van der Waals surface area contributed by atoms with Gasteiger partial charge in [-0.3, -0.25) is 0 Å². The van der Waals surface area contributed by atoms with E-state index in [0.717, 1.165) is 6.42 Å². The molecule has 0 saturated carbocycles. The van der Waals surface area contributed by atoms with Crippen LogP contribution in [0.2, 0.25) is 0 Å². The van der Waals surface area contributed by atoms with E-state index < -0.39 is 15.3 Å². The second-order valence-corrected chi connectivity index (χ2v) is 7.83. The topological polar surface area (TPSA) is 72.6 Å². The summed E-state index contributed by atoms with van der Waals surface area (Å²) in [6, 6.07) is 0. The lowest BCUT2D eigenvalue weighted by Gasteiger charge is -2.32. The molecule has 0 aromatic carbocycles. The summed E-state index contributed by atoms with van der Waals surface area (Å²) >= 11 is 0. The number of hydrogen-bond donors (Lipinski definition) is 1. The number of ether oxygens (including phenoxy) is 1. The molecule has 0 aromatic rings. The predicted molar refractivity (Wildman–Crippen MR) is 68.2 cm³/mol. The van der Waals surface area contributed by atoms with Crippen molar-refractivity contribution < 1.29 is 13.2 Å². The van der Waals surface area contributed by atoms with Crippen molar-refractivity contribution in [2.24, 2.45) is 11.1 Å². The summed E-state index contributed by atoms with van der Waals surface area (Å²) in [5.41, 5.74) is 5.43. The molecule has 0 spiro atoms. The molecule has 0 amide bonds. The van der Waals surface area contributed by atoms with Crippen LogP contribution in [0.15, 0.2) is 0 Å². The summed E-state index contributed by atoms with van der Waals surface area (Å²) in [5.74, 6) is 0. The van der Waals surface area contributed by atoms with Gasteiger partial charge in [0.25, 0.3) is 0 Å². The van der Waals surface area contributed by atoms with Crippen molar-refractivity contribution in [3.05, 3.63) is 0 Å². The molecule has 1 unspecified atom stereocenters. The molecule has 1 aliphatic heterocycles. The number of rotatable bonds is 5. The molecule has 0 aromatic heterocycles. The van der Waals surface area contributed by atoms with Crippen molar-refractivity contribution in [3.63, 3.8) is 0 Å². The maximum Gasteiger partial charge on any atom is 0.219 e. The quantitative estimate of drug-likeness (QED) is 0.780. The first-order valence-electron chi connectivity index (χ1n) is 6.02. The maximum atomic E-state index is 12.3. The number of nitrogens with zero attached hydrogens (tertiary/aromatic N) is 1. The minimum Gasteiger partial charge on any atom is -0.380 e. The standard InChI is InChI=1S/C11H24N2O3S/c1-11(2,8-12)9-13(3)17(14,15)10-5-4-6-16-7-10/h10H,4-9,12H2,1-3H3. The highest BCUT2D eigenvalue weighted by molar-refractivity contribution is 7.89. The van der Waals surface area contributed by atoms with Crippen LogP contribution in [0.25, 0.3) is 0 Å². The lowest BCUT2D eigenvalue weighted by Crippen LogP contribution is -2.45. The zero-order valence-corrected chi connectivity index (χ0v) is 11.8. The molecule has 1 fully saturated rings. The Morgan fingerprint density at radius 3 is 2.59 bits per heavy atom. The fraction of sp³-hybridized carbons (Fsp3) is 1.00. The highest BCUT2D eigenvalue weighted by Gasteiger charge is 2.33. The third kappa shape index (κ3) is 3.91. The van der Waals surface area contributed by atoms with Gasteiger partial charge in [-0.05, 0) is 24.8 Å². The number of sulfonamides is 1. The van der Waals surface area contributed by atoms with Crippen LogP contribution in [0.4, 0.5) is 0 Å². The Kier molecular flexibility index (Phi) is 4.95. The van der Waals surface area contributed by atoms with E-state index in [2.05, 4.69) is 0 Å². The summed E-state index contributed by atoms with van der Waals surface area (Å²) in [7, 11) is -1.63. The lowest BCUT2D eigenvalue weighted by atomic mass is 9.94. The lowest BCUT2D eigenvalue weighted by molar-refractivity contribution is 0.0973. The van der Waals surface area contributed by atoms with Gasteiger partial charge in [0.05, 0.1) is 11.9 Å². The van der Waals surface area contributed by atoms with Gasteiger partial charge in [0.1, 0.15) is 0 Å². The molecule has 0 bridgehead atoms. The van der Waals surface area contributed by atoms with E-state index in [4.69, 9.17) is 10.5 Å². The van der Waals surface area contributed by atoms with Crippen LogP contribution in [0, 0.1) is 5.41 Å². The fourth-order valence-corrected chi connectivity index (χ4v) is 3.73. The minimum absolute atomic E-state index is 0.197. The highest BCUT2D eigenvalue weighted by atomic mass is 32.2. The molecule has 1 aliphatic rings. The van der Waals surface area contributed by atoms with E-state index in [1.807, 2.05) is 13.8 Å². The van der Waals surface area contributed by atoms with Gasteiger partial charge in [0, 0.05) is 20.2 Å². The third-order valence-corrected chi connectivity index (χ3v) is 5.39. The van der Waals surface area contributed by atoms with Crippen LogP contribution in [0.3, 0.4) is 0 Å². The third-order valence-electron chi connectivity index (χ3n) is 3.18. The molecule has 5 nitrogen and oxygen atoms in total. The average Bonchev–Trinajstić information content (AvgIpc) is 2.29. The van der Waals surface area contributed by atoms with Gasteiger partial charge >= 0.3 is 0 Å². The summed E-state index contributed by atoms with van der Waals surface area (Å²) in [5, 5.41) is -0.394. The Bertz CT molecular complexity index is 335. The molecule has 102 valence electrons. The Hall–Kier alpha value is -0.170. The Morgan fingerprint density at radius 1 is 1.47 bits per heavy atom. The van der Waals surface area contributed by atoms with Gasteiger partial charge in [-0.25, -0.2) is 12.7 Å². The van der Waals surface area contributed by atoms with E-state index in [1.165, 1.54) is 4.31 Å². The minimum atomic E-state index is -3.25. The second kappa shape index (κ2) is 5.65. The van der Waals surface area contributed by atoms with Crippen molar-refractivity contribution in [3.8, 4) is 0 Å². The van der Waals surface area contributed by atoms with Crippen molar-refractivity contribution in [1.29, 1.82) is 0 Å². The molecule has 1 atom stereocenters. The number of hydrogen-bond acceptors (Lipinski definition) is 4. The van der Waals surface area contributed by atoms with Gasteiger partial charge in [0.2, 0.25) is 10.0 Å². The summed E-state index contributed by atoms with van der Waals surface area (Å²) in [4.78, 5) is 0. The fourth-order valence-electron chi connectivity index (χ4n) is 1.96. The van der Waals surface area contributed by atoms with Crippen LogP contribution < -0.4 is 5.73 Å². The van der Waals surface area contributed by atoms with Crippen molar-refractivity contribution in [1.82, 2.24) is 4.31 Å². The highest BCUT2D eigenvalue weighted by Crippen LogP contribution is 2.21.